The molecule has 2 rings (SSSR count). The van der Waals surface area contributed by atoms with Crippen molar-refractivity contribution in [2.75, 3.05) is 53.1 Å². The van der Waals surface area contributed by atoms with Gasteiger partial charge in [-0.1, -0.05) is 0 Å². The number of likely N-dealkylation sites (tertiary alicyclic amines) is 1. The Morgan fingerprint density at radius 2 is 2.28 bits per heavy atom. The summed E-state index contributed by atoms with van der Waals surface area (Å²) in [6.45, 7) is 5.18. The van der Waals surface area contributed by atoms with Gasteiger partial charge in [-0.15, -0.1) is 0 Å². The molecule has 2 heterocycles. The monoisotopic (exact) mass is 256 g/mol. The molecule has 0 bridgehead atoms. The fourth-order valence-electron chi connectivity index (χ4n) is 2.92. The number of carbonyl (C=O) groups is 1. The molecule has 5 nitrogen and oxygen atoms in total. The summed E-state index contributed by atoms with van der Waals surface area (Å²) in [5.74, 6) is 0.119. The van der Waals surface area contributed by atoms with Crippen LogP contribution < -0.4 is 5.32 Å². The minimum Gasteiger partial charge on any atom is -0.382 e. The third-order valence-corrected chi connectivity index (χ3v) is 4.01. The van der Waals surface area contributed by atoms with E-state index in [9.17, 15) is 4.79 Å². The first kappa shape index (κ1) is 13.8. The molecule has 0 aromatic heterocycles. The third-order valence-electron chi connectivity index (χ3n) is 4.01. The molecular formula is C13H24N2O3. The highest BCUT2D eigenvalue weighted by Crippen LogP contribution is 2.36. The van der Waals surface area contributed by atoms with Gasteiger partial charge in [0, 0.05) is 32.2 Å². The number of nitrogens with zero attached hydrogens (tertiary/aromatic N) is 1. The van der Waals surface area contributed by atoms with Crippen molar-refractivity contribution in [3.05, 3.63) is 0 Å². The summed E-state index contributed by atoms with van der Waals surface area (Å²) in [5, 5.41) is 3.45. The SMILES string of the molecule is COCCOCC(=O)N1CC[C@]2(CCCNC2)C1. The standard InChI is InChI=1S/C13H24N2O3/c1-17-7-8-18-9-12(16)15-6-4-13(11-15)3-2-5-14-10-13/h14H,2-11H2,1H3/t13-/m0/s1. The quantitative estimate of drug-likeness (QED) is 0.717. The van der Waals surface area contributed by atoms with Gasteiger partial charge in [0.05, 0.1) is 13.2 Å². The maximum absolute atomic E-state index is 12.0. The molecule has 2 fully saturated rings. The van der Waals surface area contributed by atoms with Crippen LogP contribution in [0.2, 0.25) is 0 Å². The summed E-state index contributed by atoms with van der Waals surface area (Å²) in [6, 6.07) is 0. The average Bonchev–Trinajstić information content (AvgIpc) is 2.79. The number of rotatable bonds is 5. The van der Waals surface area contributed by atoms with Gasteiger partial charge < -0.3 is 19.7 Å². The van der Waals surface area contributed by atoms with Crippen LogP contribution in [0.1, 0.15) is 19.3 Å². The largest absolute Gasteiger partial charge is 0.382 e. The van der Waals surface area contributed by atoms with Crippen LogP contribution in [0.5, 0.6) is 0 Å². The van der Waals surface area contributed by atoms with E-state index in [-0.39, 0.29) is 12.5 Å². The van der Waals surface area contributed by atoms with Crippen LogP contribution in [0, 0.1) is 5.41 Å². The molecule has 1 atom stereocenters. The van der Waals surface area contributed by atoms with E-state index in [0.29, 0.717) is 18.6 Å². The van der Waals surface area contributed by atoms with Crippen molar-refractivity contribution in [2.24, 2.45) is 5.41 Å². The fourth-order valence-corrected chi connectivity index (χ4v) is 2.92. The van der Waals surface area contributed by atoms with E-state index >= 15 is 0 Å². The predicted molar refractivity (Wildman–Crippen MR) is 68.4 cm³/mol. The van der Waals surface area contributed by atoms with Crippen LogP contribution in [0.4, 0.5) is 0 Å². The van der Waals surface area contributed by atoms with Crippen LogP contribution in [0.25, 0.3) is 0 Å². The molecule has 0 radical (unpaired) electrons. The number of methoxy groups -OCH3 is 1. The second-order valence-corrected chi connectivity index (χ2v) is 5.39. The summed E-state index contributed by atoms with van der Waals surface area (Å²) in [6.07, 6.45) is 3.60. The summed E-state index contributed by atoms with van der Waals surface area (Å²) < 4.78 is 10.2. The highest BCUT2D eigenvalue weighted by molar-refractivity contribution is 5.77. The predicted octanol–water partition coefficient (Wildman–Crippen LogP) is 0.252. The first-order valence-electron chi connectivity index (χ1n) is 6.81. The van der Waals surface area contributed by atoms with E-state index in [1.54, 1.807) is 7.11 Å². The number of hydrogen-bond acceptors (Lipinski definition) is 4. The van der Waals surface area contributed by atoms with Gasteiger partial charge in [0.2, 0.25) is 5.91 Å². The molecule has 1 amide bonds. The van der Waals surface area contributed by atoms with Crippen molar-refractivity contribution in [3.8, 4) is 0 Å². The fraction of sp³-hybridized carbons (Fsp3) is 0.923. The molecule has 5 heteroatoms. The van der Waals surface area contributed by atoms with E-state index in [0.717, 1.165) is 32.6 Å². The molecule has 2 saturated heterocycles. The van der Waals surface area contributed by atoms with Crippen molar-refractivity contribution in [3.63, 3.8) is 0 Å². The van der Waals surface area contributed by atoms with Crippen molar-refractivity contribution in [2.45, 2.75) is 19.3 Å². The Labute approximate surface area is 109 Å². The Morgan fingerprint density at radius 1 is 1.39 bits per heavy atom. The Morgan fingerprint density at radius 3 is 3.00 bits per heavy atom. The van der Waals surface area contributed by atoms with E-state index < -0.39 is 0 Å². The van der Waals surface area contributed by atoms with Crippen molar-refractivity contribution >= 4 is 5.91 Å². The minimum absolute atomic E-state index is 0.119. The normalized spacial score (nSPS) is 27.9. The van der Waals surface area contributed by atoms with Gasteiger partial charge in [-0.25, -0.2) is 0 Å². The third kappa shape index (κ3) is 3.43. The molecule has 0 aromatic rings. The van der Waals surface area contributed by atoms with E-state index in [1.165, 1.54) is 12.8 Å². The Bertz CT molecular complexity index is 277. The Hall–Kier alpha value is -0.650. The summed E-state index contributed by atoms with van der Waals surface area (Å²) in [4.78, 5) is 13.9. The van der Waals surface area contributed by atoms with Crippen LogP contribution >= 0.6 is 0 Å². The molecule has 0 unspecified atom stereocenters. The molecule has 1 N–H and O–H groups in total. The zero-order chi connectivity index (χ0) is 12.8. The Kier molecular flexibility index (Phi) is 4.97. The zero-order valence-corrected chi connectivity index (χ0v) is 11.2. The lowest BCUT2D eigenvalue weighted by atomic mass is 9.80. The summed E-state index contributed by atoms with van der Waals surface area (Å²) >= 11 is 0. The Balaban J connectivity index is 1.72. The van der Waals surface area contributed by atoms with Crippen molar-refractivity contribution in [1.82, 2.24) is 10.2 Å². The van der Waals surface area contributed by atoms with Gasteiger partial charge in [0.15, 0.2) is 0 Å². The van der Waals surface area contributed by atoms with E-state index in [1.807, 2.05) is 4.90 Å². The van der Waals surface area contributed by atoms with E-state index in [4.69, 9.17) is 9.47 Å². The highest BCUT2D eigenvalue weighted by atomic mass is 16.5. The topological polar surface area (TPSA) is 50.8 Å². The smallest absolute Gasteiger partial charge is 0.248 e. The number of ether oxygens (including phenoxy) is 2. The number of nitrogens with one attached hydrogen (secondary N) is 1. The van der Waals surface area contributed by atoms with Gasteiger partial charge in [0.25, 0.3) is 0 Å². The van der Waals surface area contributed by atoms with Crippen LogP contribution in [-0.2, 0) is 14.3 Å². The lowest BCUT2D eigenvalue weighted by Gasteiger charge is -2.33. The van der Waals surface area contributed by atoms with Gasteiger partial charge in [-0.05, 0) is 25.8 Å². The second kappa shape index (κ2) is 6.50. The molecular weight excluding hydrogens is 232 g/mol. The first-order valence-corrected chi connectivity index (χ1v) is 6.81. The molecule has 0 saturated carbocycles. The average molecular weight is 256 g/mol. The number of carbonyl (C=O) groups excluding carboxylic acids is 1. The molecule has 1 spiro atoms. The second-order valence-electron chi connectivity index (χ2n) is 5.39. The number of amides is 1. The van der Waals surface area contributed by atoms with E-state index in [2.05, 4.69) is 5.32 Å². The lowest BCUT2D eigenvalue weighted by Crippen LogP contribution is -2.43. The van der Waals surface area contributed by atoms with Crippen molar-refractivity contribution < 1.29 is 14.3 Å². The van der Waals surface area contributed by atoms with Crippen molar-refractivity contribution in [1.29, 1.82) is 0 Å². The summed E-state index contributed by atoms with van der Waals surface area (Å²) in [5.41, 5.74) is 0.334. The molecule has 2 aliphatic rings. The van der Waals surface area contributed by atoms with Crippen LogP contribution in [0.3, 0.4) is 0 Å². The molecule has 2 aliphatic heterocycles. The molecule has 18 heavy (non-hydrogen) atoms. The molecule has 0 aromatic carbocycles. The number of hydrogen-bond donors (Lipinski definition) is 1. The first-order chi connectivity index (χ1) is 8.76. The van der Waals surface area contributed by atoms with Crippen LogP contribution in [0.15, 0.2) is 0 Å². The van der Waals surface area contributed by atoms with Gasteiger partial charge in [0.1, 0.15) is 6.61 Å². The lowest BCUT2D eigenvalue weighted by molar-refractivity contribution is -0.136. The minimum atomic E-state index is 0.119. The zero-order valence-electron chi connectivity index (χ0n) is 11.2. The van der Waals surface area contributed by atoms with Gasteiger partial charge in [-0.3, -0.25) is 4.79 Å². The molecule has 104 valence electrons. The highest BCUT2D eigenvalue weighted by Gasteiger charge is 2.40. The maximum Gasteiger partial charge on any atom is 0.248 e. The number of piperidine rings is 1. The molecule has 0 aliphatic carbocycles. The maximum atomic E-state index is 12.0. The van der Waals surface area contributed by atoms with Gasteiger partial charge >= 0.3 is 0 Å². The summed E-state index contributed by atoms with van der Waals surface area (Å²) in [7, 11) is 1.63. The van der Waals surface area contributed by atoms with Gasteiger partial charge in [-0.2, -0.15) is 0 Å². The van der Waals surface area contributed by atoms with Crippen LogP contribution in [-0.4, -0.2) is 63.9 Å².